The van der Waals surface area contributed by atoms with Gasteiger partial charge in [-0.25, -0.2) is 0 Å². The largest absolute Gasteiger partial charge is 0.496 e. The molecule has 0 aromatic heterocycles. The second kappa shape index (κ2) is 5.93. The SMILES string of the molecule is CCCN=C1NC(=O)C(c2c(Cl)cccc2OC)N1. The van der Waals surface area contributed by atoms with Gasteiger partial charge in [0.05, 0.1) is 12.1 Å². The molecule has 0 bridgehead atoms. The average Bonchev–Trinajstić information content (AvgIpc) is 2.77. The number of amides is 1. The molecular formula is C13H16ClN3O2. The smallest absolute Gasteiger partial charge is 0.254 e. The molecule has 0 aliphatic carbocycles. The van der Waals surface area contributed by atoms with Gasteiger partial charge in [-0.2, -0.15) is 0 Å². The highest BCUT2D eigenvalue weighted by Gasteiger charge is 2.33. The second-order valence-corrected chi connectivity index (χ2v) is 4.56. The normalized spacial score (nSPS) is 20.3. The van der Waals surface area contributed by atoms with E-state index in [-0.39, 0.29) is 5.91 Å². The maximum atomic E-state index is 12.0. The molecule has 1 amide bonds. The minimum absolute atomic E-state index is 0.179. The Morgan fingerprint density at radius 3 is 2.95 bits per heavy atom. The Kier molecular flexibility index (Phi) is 4.27. The molecule has 1 saturated heterocycles. The maximum absolute atomic E-state index is 12.0. The lowest BCUT2D eigenvalue weighted by molar-refractivity contribution is -0.120. The van der Waals surface area contributed by atoms with Crippen molar-refractivity contribution in [1.82, 2.24) is 10.6 Å². The van der Waals surface area contributed by atoms with E-state index in [2.05, 4.69) is 15.6 Å². The summed E-state index contributed by atoms with van der Waals surface area (Å²) in [6.07, 6.45) is 0.918. The van der Waals surface area contributed by atoms with Crippen molar-refractivity contribution < 1.29 is 9.53 Å². The van der Waals surface area contributed by atoms with Crippen LogP contribution < -0.4 is 15.4 Å². The third-order valence-electron chi connectivity index (χ3n) is 2.80. The Labute approximate surface area is 117 Å². The van der Waals surface area contributed by atoms with E-state index >= 15 is 0 Å². The number of guanidine groups is 1. The maximum Gasteiger partial charge on any atom is 0.254 e. The van der Waals surface area contributed by atoms with Crippen molar-refractivity contribution in [3.05, 3.63) is 28.8 Å². The van der Waals surface area contributed by atoms with Crippen molar-refractivity contribution in [1.29, 1.82) is 0 Å². The van der Waals surface area contributed by atoms with Crippen LogP contribution in [0, 0.1) is 0 Å². The van der Waals surface area contributed by atoms with Gasteiger partial charge in [-0.05, 0) is 18.6 Å². The first kappa shape index (κ1) is 13.7. The average molecular weight is 282 g/mol. The molecule has 1 heterocycles. The lowest BCUT2D eigenvalue weighted by Crippen LogP contribution is -2.25. The number of carbonyl (C=O) groups excluding carboxylic acids is 1. The minimum Gasteiger partial charge on any atom is -0.496 e. The summed E-state index contributed by atoms with van der Waals surface area (Å²) in [7, 11) is 1.55. The molecule has 1 aliphatic rings. The number of aliphatic imine (C=N–C) groups is 1. The van der Waals surface area contributed by atoms with Crippen LogP contribution in [0.1, 0.15) is 24.9 Å². The van der Waals surface area contributed by atoms with Gasteiger partial charge in [-0.3, -0.25) is 15.1 Å². The molecule has 0 radical (unpaired) electrons. The van der Waals surface area contributed by atoms with Gasteiger partial charge in [0, 0.05) is 12.1 Å². The molecule has 2 rings (SSSR count). The molecule has 0 saturated carbocycles. The van der Waals surface area contributed by atoms with Gasteiger partial charge in [0.1, 0.15) is 11.8 Å². The molecule has 102 valence electrons. The molecular weight excluding hydrogens is 266 g/mol. The number of benzene rings is 1. The summed E-state index contributed by atoms with van der Waals surface area (Å²) in [5.74, 6) is 0.886. The second-order valence-electron chi connectivity index (χ2n) is 4.15. The van der Waals surface area contributed by atoms with Crippen LogP contribution in [-0.2, 0) is 4.79 Å². The molecule has 0 spiro atoms. The van der Waals surface area contributed by atoms with E-state index in [1.807, 2.05) is 6.92 Å². The molecule has 5 nitrogen and oxygen atoms in total. The highest BCUT2D eigenvalue weighted by Crippen LogP contribution is 2.33. The van der Waals surface area contributed by atoms with Gasteiger partial charge >= 0.3 is 0 Å². The third kappa shape index (κ3) is 2.81. The lowest BCUT2D eigenvalue weighted by Gasteiger charge is -2.14. The fourth-order valence-corrected chi connectivity index (χ4v) is 2.19. The summed E-state index contributed by atoms with van der Waals surface area (Å²) in [4.78, 5) is 16.2. The zero-order valence-corrected chi connectivity index (χ0v) is 11.6. The summed E-state index contributed by atoms with van der Waals surface area (Å²) in [5, 5.41) is 6.22. The molecule has 2 N–H and O–H groups in total. The Balaban J connectivity index is 2.30. The first-order valence-electron chi connectivity index (χ1n) is 6.11. The quantitative estimate of drug-likeness (QED) is 0.886. The summed E-state index contributed by atoms with van der Waals surface area (Å²) in [6.45, 7) is 2.68. The number of nitrogens with one attached hydrogen (secondary N) is 2. The van der Waals surface area contributed by atoms with Crippen molar-refractivity contribution in [3.8, 4) is 5.75 Å². The number of halogens is 1. The van der Waals surface area contributed by atoms with Crippen molar-refractivity contribution in [2.24, 2.45) is 4.99 Å². The minimum atomic E-state index is -0.570. The van der Waals surface area contributed by atoms with Crippen molar-refractivity contribution in [3.63, 3.8) is 0 Å². The van der Waals surface area contributed by atoms with E-state index in [1.165, 1.54) is 0 Å². The number of ether oxygens (including phenoxy) is 1. The van der Waals surface area contributed by atoms with Gasteiger partial charge in [-0.1, -0.05) is 24.6 Å². The predicted molar refractivity (Wildman–Crippen MR) is 74.6 cm³/mol. The highest BCUT2D eigenvalue weighted by atomic mass is 35.5. The molecule has 1 aromatic rings. The standard InChI is InChI=1S/C13H16ClN3O2/c1-3-7-15-13-16-11(12(18)17-13)10-8(14)5-4-6-9(10)19-2/h4-6,11H,3,7H2,1-2H3,(H2,15,16,17,18). The van der Waals surface area contributed by atoms with Crippen LogP contribution in [0.5, 0.6) is 5.75 Å². The molecule has 1 aliphatic heterocycles. The van der Waals surface area contributed by atoms with E-state index < -0.39 is 6.04 Å². The number of carbonyl (C=O) groups is 1. The number of nitrogens with zero attached hydrogens (tertiary/aromatic N) is 1. The molecule has 6 heteroatoms. The van der Waals surface area contributed by atoms with Gasteiger partial charge in [0.15, 0.2) is 5.96 Å². The van der Waals surface area contributed by atoms with Gasteiger partial charge in [0.2, 0.25) is 0 Å². The summed E-state index contributed by atoms with van der Waals surface area (Å²) in [5.41, 5.74) is 0.630. The number of methoxy groups -OCH3 is 1. The topological polar surface area (TPSA) is 62.7 Å². The van der Waals surface area contributed by atoms with E-state index in [1.54, 1.807) is 25.3 Å². The van der Waals surface area contributed by atoms with E-state index in [0.717, 1.165) is 6.42 Å². The van der Waals surface area contributed by atoms with Crippen LogP contribution in [0.15, 0.2) is 23.2 Å². The van der Waals surface area contributed by atoms with Crippen LogP contribution in [0.3, 0.4) is 0 Å². The van der Waals surface area contributed by atoms with Crippen molar-refractivity contribution in [2.75, 3.05) is 13.7 Å². The highest BCUT2D eigenvalue weighted by molar-refractivity contribution is 6.32. The van der Waals surface area contributed by atoms with Crippen LogP contribution in [0.2, 0.25) is 5.02 Å². The van der Waals surface area contributed by atoms with Gasteiger partial charge in [-0.15, -0.1) is 0 Å². The fraction of sp³-hybridized carbons (Fsp3) is 0.385. The van der Waals surface area contributed by atoms with Gasteiger partial charge in [0.25, 0.3) is 5.91 Å². The number of hydrogen-bond acceptors (Lipinski definition) is 3. The first-order chi connectivity index (χ1) is 9.17. The summed E-state index contributed by atoms with van der Waals surface area (Å²) >= 11 is 6.17. The van der Waals surface area contributed by atoms with E-state index in [0.29, 0.717) is 28.8 Å². The zero-order chi connectivity index (χ0) is 13.8. The Morgan fingerprint density at radius 1 is 1.47 bits per heavy atom. The van der Waals surface area contributed by atoms with Gasteiger partial charge < -0.3 is 10.1 Å². The van der Waals surface area contributed by atoms with Crippen LogP contribution in [0.25, 0.3) is 0 Å². The van der Waals surface area contributed by atoms with Crippen LogP contribution in [0.4, 0.5) is 0 Å². The molecule has 19 heavy (non-hydrogen) atoms. The number of rotatable bonds is 4. The predicted octanol–water partition coefficient (Wildman–Crippen LogP) is 1.88. The molecule has 1 aromatic carbocycles. The lowest BCUT2D eigenvalue weighted by atomic mass is 10.1. The van der Waals surface area contributed by atoms with E-state index in [9.17, 15) is 4.79 Å². The van der Waals surface area contributed by atoms with E-state index in [4.69, 9.17) is 16.3 Å². The van der Waals surface area contributed by atoms with Crippen LogP contribution in [-0.4, -0.2) is 25.5 Å². The summed E-state index contributed by atoms with van der Waals surface area (Å²) in [6, 6.07) is 4.72. The third-order valence-corrected chi connectivity index (χ3v) is 3.13. The molecule has 1 unspecified atom stereocenters. The molecule has 1 fully saturated rings. The van der Waals surface area contributed by atoms with Crippen molar-refractivity contribution in [2.45, 2.75) is 19.4 Å². The van der Waals surface area contributed by atoms with Crippen molar-refractivity contribution >= 4 is 23.5 Å². The summed E-state index contributed by atoms with van der Waals surface area (Å²) < 4.78 is 5.26. The van der Waals surface area contributed by atoms with Crippen LogP contribution >= 0.6 is 11.6 Å². The Hall–Kier alpha value is -1.75. The Morgan fingerprint density at radius 2 is 2.26 bits per heavy atom. The Bertz CT molecular complexity index is 517. The monoisotopic (exact) mass is 281 g/mol. The zero-order valence-electron chi connectivity index (χ0n) is 10.9. The molecule has 1 atom stereocenters. The number of hydrogen-bond donors (Lipinski definition) is 2. The fourth-order valence-electron chi connectivity index (χ4n) is 1.91. The first-order valence-corrected chi connectivity index (χ1v) is 6.49.